The Balaban J connectivity index is 2.05. The van der Waals surface area contributed by atoms with Crippen molar-refractivity contribution in [2.24, 2.45) is 0 Å². The van der Waals surface area contributed by atoms with Gasteiger partial charge in [0.2, 0.25) is 0 Å². The van der Waals surface area contributed by atoms with Crippen LogP contribution in [0.1, 0.15) is 30.2 Å². The van der Waals surface area contributed by atoms with Crippen LogP contribution in [0.2, 0.25) is 0 Å². The molecule has 1 N–H and O–H groups in total. The van der Waals surface area contributed by atoms with Crippen molar-refractivity contribution < 1.29 is 0 Å². The van der Waals surface area contributed by atoms with E-state index in [4.69, 9.17) is 0 Å². The molecular formula is C15H21N3. The summed E-state index contributed by atoms with van der Waals surface area (Å²) in [5.74, 6) is 0. The Morgan fingerprint density at radius 2 is 2.06 bits per heavy atom. The molecule has 0 atom stereocenters. The van der Waals surface area contributed by atoms with Crippen molar-refractivity contribution in [2.75, 3.05) is 6.54 Å². The number of rotatable bonds is 6. The second-order valence-corrected chi connectivity index (χ2v) is 4.58. The lowest BCUT2D eigenvalue weighted by atomic mass is 10.1. The topological polar surface area (TPSA) is 29.9 Å². The summed E-state index contributed by atoms with van der Waals surface area (Å²) in [6, 6.07) is 10.6. The third-order valence-electron chi connectivity index (χ3n) is 3.12. The van der Waals surface area contributed by atoms with Crippen LogP contribution < -0.4 is 5.32 Å². The maximum absolute atomic E-state index is 4.41. The van der Waals surface area contributed by atoms with E-state index in [1.54, 1.807) is 0 Å². The third-order valence-corrected chi connectivity index (χ3v) is 3.12. The van der Waals surface area contributed by atoms with Crippen LogP contribution in [0.3, 0.4) is 0 Å². The standard InChI is InChI=1S/C15H21N3/c1-3-9-16-11-15-8-10-17-18(15)12-14-7-5-4-6-13(14)2/h4-8,10,16H,3,9,11-12H2,1-2H3. The lowest BCUT2D eigenvalue weighted by molar-refractivity contribution is 0.591. The highest BCUT2D eigenvalue weighted by atomic mass is 15.3. The molecule has 3 heteroatoms. The fourth-order valence-corrected chi connectivity index (χ4v) is 1.99. The molecule has 0 saturated carbocycles. The number of hydrogen-bond donors (Lipinski definition) is 1. The van der Waals surface area contributed by atoms with Crippen molar-refractivity contribution in [3.63, 3.8) is 0 Å². The molecule has 1 heterocycles. The molecule has 0 aliphatic carbocycles. The smallest absolute Gasteiger partial charge is 0.0665 e. The van der Waals surface area contributed by atoms with E-state index in [1.807, 2.05) is 6.20 Å². The summed E-state index contributed by atoms with van der Waals surface area (Å²) in [6.45, 7) is 7.11. The zero-order valence-electron chi connectivity index (χ0n) is 11.2. The predicted octanol–water partition coefficient (Wildman–Crippen LogP) is 2.74. The normalized spacial score (nSPS) is 10.8. The number of aromatic nitrogens is 2. The van der Waals surface area contributed by atoms with Gasteiger partial charge in [0.25, 0.3) is 0 Å². The van der Waals surface area contributed by atoms with Crippen LogP contribution in [0.15, 0.2) is 36.5 Å². The zero-order chi connectivity index (χ0) is 12.8. The van der Waals surface area contributed by atoms with Gasteiger partial charge in [-0.05, 0) is 37.1 Å². The van der Waals surface area contributed by atoms with E-state index in [1.165, 1.54) is 16.8 Å². The fraction of sp³-hybridized carbons (Fsp3) is 0.400. The van der Waals surface area contributed by atoms with E-state index < -0.39 is 0 Å². The summed E-state index contributed by atoms with van der Waals surface area (Å²) >= 11 is 0. The van der Waals surface area contributed by atoms with Gasteiger partial charge in [0, 0.05) is 12.7 Å². The summed E-state index contributed by atoms with van der Waals surface area (Å²) in [4.78, 5) is 0. The van der Waals surface area contributed by atoms with Gasteiger partial charge in [-0.1, -0.05) is 31.2 Å². The molecule has 0 spiro atoms. The molecule has 0 fully saturated rings. The first-order chi connectivity index (χ1) is 8.81. The third kappa shape index (κ3) is 3.20. The Labute approximate surface area is 109 Å². The quantitative estimate of drug-likeness (QED) is 0.791. The van der Waals surface area contributed by atoms with E-state index in [-0.39, 0.29) is 0 Å². The van der Waals surface area contributed by atoms with E-state index >= 15 is 0 Å². The predicted molar refractivity (Wildman–Crippen MR) is 74.5 cm³/mol. The van der Waals surface area contributed by atoms with Gasteiger partial charge < -0.3 is 5.32 Å². The lowest BCUT2D eigenvalue weighted by Crippen LogP contribution is -2.18. The highest BCUT2D eigenvalue weighted by Crippen LogP contribution is 2.10. The van der Waals surface area contributed by atoms with E-state index in [2.05, 4.69) is 59.3 Å². The average Bonchev–Trinajstić information content (AvgIpc) is 2.80. The first-order valence-electron chi connectivity index (χ1n) is 6.57. The van der Waals surface area contributed by atoms with Crippen LogP contribution >= 0.6 is 0 Å². The molecule has 18 heavy (non-hydrogen) atoms. The summed E-state index contributed by atoms with van der Waals surface area (Å²) in [5.41, 5.74) is 3.89. The number of benzene rings is 1. The van der Waals surface area contributed by atoms with Gasteiger partial charge in [-0.25, -0.2) is 0 Å². The summed E-state index contributed by atoms with van der Waals surface area (Å²) in [5, 5.41) is 7.83. The first kappa shape index (κ1) is 12.8. The Morgan fingerprint density at radius 1 is 1.22 bits per heavy atom. The number of aryl methyl sites for hydroxylation is 1. The molecule has 0 bridgehead atoms. The van der Waals surface area contributed by atoms with Crippen molar-refractivity contribution in [3.8, 4) is 0 Å². The van der Waals surface area contributed by atoms with Crippen LogP contribution in [0.4, 0.5) is 0 Å². The summed E-state index contributed by atoms with van der Waals surface area (Å²) < 4.78 is 2.07. The van der Waals surface area contributed by atoms with Crippen LogP contribution in [0, 0.1) is 6.92 Å². The van der Waals surface area contributed by atoms with E-state index in [0.717, 1.165) is 26.1 Å². The fourth-order valence-electron chi connectivity index (χ4n) is 1.99. The highest BCUT2D eigenvalue weighted by Gasteiger charge is 2.04. The Bertz CT molecular complexity index is 488. The monoisotopic (exact) mass is 243 g/mol. The first-order valence-corrected chi connectivity index (χ1v) is 6.57. The largest absolute Gasteiger partial charge is 0.311 e. The van der Waals surface area contributed by atoms with Crippen molar-refractivity contribution in [1.29, 1.82) is 0 Å². The molecule has 1 aromatic heterocycles. The van der Waals surface area contributed by atoms with Gasteiger partial charge in [0.15, 0.2) is 0 Å². The molecule has 2 rings (SSSR count). The van der Waals surface area contributed by atoms with Gasteiger partial charge in [-0.3, -0.25) is 4.68 Å². The maximum atomic E-state index is 4.41. The average molecular weight is 243 g/mol. The minimum Gasteiger partial charge on any atom is -0.311 e. The molecule has 0 aliphatic heterocycles. The Morgan fingerprint density at radius 3 is 2.83 bits per heavy atom. The maximum Gasteiger partial charge on any atom is 0.0665 e. The lowest BCUT2D eigenvalue weighted by Gasteiger charge is -2.10. The van der Waals surface area contributed by atoms with Crippen molar-refractivity contribution >= 4 is 0 Å². The molecule has 3 nitrogen and oxygen atoms in total. The summed E-state index contributed by atoms with van der Waals surface area (Å²) in [7, 11) is 0. The molecule has 0 unspecified atom stereocenters. The second-order valence-electron chi connectivity index (χ2n) is 4.58. The molecule has 0 aliphatic rings. The van der Waals surface area contributed by atoms with Crippen LogP contribution in [0.5, 0.6) is 0 Å². The van der Waals surface area contributed by atoms with Gasteiger partial charge in [0.05, 0.1) is 12.2 Å². The Kier molecular flexibility index (Phi) is 4.53. The molecule has 1 aromatic carbocycles. The van der Waals surface area contributed by atoms with E-state index in [9.17, 15) is 0 Å². The Hall–Kier alpha value is -1.61. The molecule has 0 amide bonds. The van der Waals surface area contributed by atoms with Gasteiger partial charge in [-0.15, -0.1) is 0 Å². The molecule has 0 radical (unpaired) electrons. The van der Waals surface area contributed by atoms with Crippen molar-refractivity contribution in [1.82, 2.24) is 15.1 Å². The van der Waals surface area contributed by atoms with Crippen LogP contribution in [-0.2, 0) is 13.1 Å². The SMILES string of the molecule is CCCNCc1ccnn1Cc1ccccc1C. The molecule has 2 aromatic rings. The number of hydrogen-bond acceptors (Lipinski definition) is 2. The number of nitrogens with one attached hydrogen (secondary N) is 1. The molecule has 0 saturated heterocycles. The van der Waals surface area contributed by atoms with E-state index in [0.29, 0.717) is 0 Å². The van der Waals surface area contributed by atoms with Crippen molar-refractivity contribution in [3.05, 3.63) is 53.3 Å². The van der Waals surface area contributed by atoms with Gasteiger partial charge in [0.1, 0.15) is 0 Å². The highest BCUT2D eigenvalue weighted by molar-refractivity contribution is 5.26. The van der Waals surface area contributed by atoms with Gasteiger partial charge in [-0.2, -0.15) is 5.10 Å². The van der Waals surface area contributed by atoms with Crippen LogP contribution in [0.25, 0.3) is 0 Å². The zero-order valence-corrected chi connectivity index (χ0v) is 11.2. The summed E-state index contributed by atoms with van der Waals surface area (Å²) in [6.07, 6.45) is 3.03. The number of nitrogens with zero attached hydrogens (tertiary/aromatic N) is 2. The van der Waals surface area contributed by atoms with Crippen LogP contribution in [-0.4, -0.2) is 16.3 Å². The van der Waals surface area contributed by atoms with Gasteiger partial charge >= 0.3 is 0 Å². The molecule has 96 valence electrons. The molecular weight excluding hydrogens is 222 g/mol. The minimum absolute atomic E-state index is 0.850. The van der Waals surface area contributed by atoms with Crippen molar-refractivity contribution in [2.45, 2.75) is 33.4 Å². The second kappa shape index (κ2) is 6.36. The minimum atomic E-state index is 0.850.